The molecule has 0 aliphatic heterocycles. The molecule has 1 nitrogen and oxygen atoms in total. The first-order chi connectivity index (χ1) is 7.62. The summed E-state index contributed by atoms with van der Waals surface area (Å²) in [6.07, 6.45) is 8.18. The molecular weight excluding hydrogens is 194 g/mol. The van der Waals surface area contributed by atoms with E-state index in [0.29, 0.717) is 0 Å². The van der Waals surface area contributed by atoms with E-state index >= 15 is 0 Å². The molecule has 1 aliphatic rings. The number of rotatable bonds is 2. The predicted octanol–water partition coefficient (Wildman–Crippen LogP) is 4.00. The van der Waals surface area contributed by atoms with Gasteiger partial charge in [-0.05, 0) is 49.7 Å². The summed E-state index contributed by atoms with van der Waals surface area (Å²) >= 11 is 0. The van der Waals surface area contributed by atoms with Crippen LogP contribution in [0.5, 0.6) is 0 Å². The topological polar surface area (TPSA) is 12.9 Å². The molecule has 0 saturated heterocycles. The van der Waals surface area contributed by atoms with Gasteiger partial charge in [0, 0.05) is 17.3 Å². The summed E-state index contributed by atoms with van der Waals surface area (Å²) in [5, 5.41) is 0. The van der Waals surface area contributed by atoms with E-state index in [4.69, 9.17) is 0 Å². The van der Waals surface area contributed by atoms with Crippen molar-refractivity contribution in [1.82, 2.24) is 4.98 Å². The van der Waals surface area contributed by atoms with Gasteiger partial charge in [-0.3, -0.25) is 4.98 Å². The van der Waals surface area contributed by atoms with Gasteiger partial charge in [-0.25, -0.2) is 0 Å². The maximum Gasteiger partial charge on any atom is 0.0462 e. The molecule has 1 saturated carbocycles. The molecule has 87 valence electrons. The second kappa shape index (κ2) is 4.57. The summed E-state index contributed by atoms with van der Waals surface area (Å²) in [6.45, 7) is 7.00. The molecule has 1 heterocycles. The van der Waals surface area contributed by atoms with Crippen molar-refractivity contribution in [3.05, 3.63) is 36.5 Å². The second-order valence-electron chi connectivity index (χ2n) is 5.66. The summed E-state index contributed by atoms with van der Waals surface area (Å²) < 4.78 is 0. The first-order valence-electron chi connectivity index (χ1n) is 6.37. The van der Waals surface area contributed by atoms with E-state index in [1.165, 1.54) is 25.0 Å². The molecule has 0 N–H and O–H groups in total. The van der Waals surface area contributed by atoms with E-state index in [2.05, 4.69) is 44.3 Å². The largest absolute Gasteiger partial charge is 0.261 e. The van der Waals surface area contributed by atoms with Gasteiger partial charge in [0.1, 0.15) is 0 Å². The third-order valence-corrected chi connectivity index (χ3v) is 4.04. The predicted molar refractivity (Wildman–Crippen MR) is 68.1 cm³/mol. The lowest BCUT2D eigenvalue weighted by Crippen LogP contribution is -2.31. The quantitative estimate of drug-likeness (QED) is 0.728. The molecule has 0 spiro atoms. The summed E-state index contributed by atoms with van der Waals surface area (Å²) in [7, 11) is 0. The van der Waals surface area contributed by atoms with Crippen molar-refractivity contribution in [3.63, 3.8) is 0 Å². The minimum absolute atomic E-state index is 0.270. The van der Waals surface area contributed by atoms with Crippen LogP contribution in [-0.4, -0.2) is 4.98 Å². The summed E-state index contributed by atoms with van der Waals surface area (Å²) in [6, 6.07) is 6.27. The van der Waals surface area contributed by atoms with E-state index in [9.17, 15) is 0 Å². The molecule has 0 aromatic carbocycles. The fraction of sp³-hybridized carbons (Fsp3) is 0.600. The Morgan fingerprint density at radius 2 is 2.19 bits per heavy atom. The zero-order valence-electron chi connectivity index (χ0n) is 10.6. The third-order valence-electron chi connectivity index (χ3n) is 4.04. The molecule has 1 aliphatic carbocycles. The monoisotopic (exact) mass is 216 g/mol. The highest BCUT2D eigenvalue weighted by Gasteiger charge is 2.34. The van der Waals surface area contributed by atoms with Crippen molar-refractivity contribution in [2.24, 2.45) is 11.8 Å². The number of nitrogens with zero attached hydrogens (tertiary/aromatic N) is 1. The van der Waals surface area contributed by atoms with Crippen LogP contribution in [-0.2, 0) is 5.41 Å². The molecular formula is C15H22N. The van der Waals surface area contributed by atoms with Crippen molar-refractivity contribution in [3.8, 4) is 0 Å². The number of hydrogen-bond donors (Lipinski definition) is 0. The maximum atomic E-state index is 4.52. The Kier molecular flexibility index (Phi) is 3.32. The lowest BCUT2D eigenvalue weighted by molar-refractivity contribution is 0.262. The zero-order valence-corrected chi connectivity index (χ0v) is 10.6. The highest BCUT2D eigenvalue weighted by Crippen LogP contribution is 2.41. The lowest BCUT2D eigenvalue weighted by Gasteiger charge is -2.38. The first-order valence-corrected chi connectivity index (χ1v) is 6.37. The van der Waals surface area contributed by atoms with Gasteiger partial charge in [-0.15, -0.1) is 0 Å². The molecule has 0 bridgehead atoms. The summed E-state index contributed by atoms with van der Waals surface area (Å²) in [4.78, 5) is 4.52. The highest BCUT2D eigenvalue weighted by molar-refractivity contribution is 5.18. The average Bonchev–Trinajstić information content (AvgIpc) is 2.31. The molecule has 0 amide bonds. The van der Waals surface area contributed by atoms with Crippen LogP contribution >= 0.6 is 0 Å². The van der Waals surface area contributed by atoms with Crippen LogP contribution in [0.3, 0.4) is 0 Å². The van der Waals surface area contributed by atoms with E-state index in [1.807, 2.05) is 12.3 Å². The van der Waals surface area contributed by atoms with Crippen LogP contribution in [0, 0.1) is 18.3 Å². The van der Waals surface area contributed by atoms with Gasteiger partial charge >= 0.3 is 0 Å². The number of pyridine rings is 1. The standard InChI is InChI=1S/C15H22N/c1-12(2)13-7-9-15(3,10-8-13)14-6-4-5-11-16-14/h4-7,11-13H,8-10H2,1-3H3. The SMILES string of the molecule is CC(C)C1[CH]CC(C)(c2ccccn2)CC1. The Labute approximate surface area is 99.3 Å². The third kappa shape index (κ3) is 2.28. The van der Waals surface area contributed by atoms with Crippen molar-refractivity contribution >= 4 is 0 Å². The van der Waals surface area contributed by atoms with E-state index in [1.54, 1.807) is 0 Å². The summed E-state index contributed by atoms with van der Waals surface area (Å²) in [5.74, 6) is 1.59. The molecule has 16 heavy (non-hydrogen) atoms. The smallest absolute Gasteiger partial charge is 0.0462 e. The van der Waals surface area contributed by atoms with E-state index in [-0.39, 0.29) is 5.41 Å². The average molecular weight is 216 g/mol. The van der Waals surface area contributed by atoms with Gasteiger partial charge in [0.25, 0.3) is 0 Å². The lowest BCUT2D eigenvalue weighted by atomic mass is 9.67. The van der Waals surface area contributed by atoms with Crippen molar-refractivity contribution < 1.29 is 0 Å². The Morgan fingerprint density at radius 3 is 2.69 bits per heavy atom. The van der Waals surface area contributed by atoms with Crippen LogP contribution in [0.1, 0.15) is 45.7 Å². The van der Waals surface area contributed by atoms with Crippen molar-refractivity contribution in [1.29, 1.82) is 0 Å². The van der Waals surface area contributed by atoms with Gasteiger partial charge in [0.05, 0.1) is 0 Å². The zero-order chi connectivity index (χ0) is 11.6. The maximum absolute atomic E-state index is 4.52. The Balaban J connectivity index is 2.07. The van der Waals surface area contributed by atoms with Crippen molar-refractivity contribution in [2.75, 3.05) is 0 Å². The Hall–Kier alpha value is -0.850. The molecule has 1 radical (unpaired) electrons. The van der Waals surface area contributed by atoms with Gasteiger partial charge in [0.2, 0.25) is 0 Å². The van der Waals surface area contributed by atoms with E-state index in [0.717, 1.165) is 11.8 Å². The fourth-order valence-corrected chi connectivity index (χ4v) is 2.67. The van der Waals surface area contributed by atoms with Crippen LogP contribution in [0.2, 0.25) is 0 Å². The van der Waals surface area contributed by atoms with Gasteiger partial charge in [0.15, 0.2) is 0 Å². The molecule has 1 heteroatoms. The van der Waals surface area contributed by atoms with Crippen LogP contribution in [0.15, 0.2) is 24.4 Å². The first kappa shape index (κ1) is 11.6. The number of hydrogen-bond acceptors (Lipinski definition) is 1. The van der Waals surface area contributed by atoms with Gasteiger partial charge in [-0.2, -0.15) is 0 Å². The van der Waals surface area contributed by atoms with Crippen LogP contribution < -0.4 is 0 Å². The van der Waals surface area contributed by atoms with Crippen LogP contribution in [0.25, 0.3) is 0 Å². The summed E-state index contributed by atoms with van der Waals surface area (Å²) in [5.41, 5.74) is 1.53. The molecule has 1 fully saturated rings. The van der Waals surface area contributed by atoms with Crippen molar-refractivity contribution in [2.45, 2.75) is 45.4 Å². The van der Waals surface area contributed by atoms with Gasteiger partial charge < -0.3 is 0 Å². The molecule has 2 atom stereocenters. The molecule has 2 rings (SSSR count). The minimum Gasteiger partial charge on any atom is -0.261 e. The number of aromatic nitrogens is 1. The molecule has 1 aromatic heterocycles. The van der Waals surface area contributed by atoms with Gasteiger partial charge in [-0.1, -0.05) is 26.8 Å². The second-order valence-corrected chi connectivity index (χ2v) is 5.66. The Morgan fingerprint density at radius 1 is 1.38 bits per heavy atom. The molecule has 1 aromatic rings. The normalized spacial score (nSPS) is 30.6. The minimum atomic E-state index is 0.270. The fourth-order valence-electron chi connectivity index (χ4n) is 2.67. The highest BCUT2D eigenvalue weighted by atomic mass is 14.7. The molecule has 2 unspecified atom stereocenters. The Bertz CT molecular complexity index is 321. The van der Waals surface area contributed by atoms with E-state index < -0.39 is 0 Å². The van der Waals surface area contributed by atoms with Crippen LogP contribution in [0.4, 0.5) is 0 Å².